The molecule has 5 heteroatoms. The zero-order chi connectivity index (χ0) is 13.8. The number of rotatable bonds is 4. The lowest BCUT2D eigenvalue weighted by molar-refractivity contribution is -0.138. The van der Waals surface area contributed by atoms with Gasteiger partial charge in [-0.25, -0.2) is 4.39 Å². The van der Waals surface area contributed by atoms with Crippen molar-refractivity contribution in [2.45, 2.75) is 18.9 Å². The molecule has 1 aromatic carbocycles. The van der Waals surface area contributed by atoms with Crippen LogP contribution in [0.3, 0.4) is 0 Å². The van der Waals surface area contributed by atoms with Crippen molar-refractivity contribution in [3.05, 3.63) is 30.1 Å². The average molecular weight is 266 g/mol. The van der Waals surface area contributed by atoms with E-state index < -0.39 is 5.97 Å². The van der Waals surface area contributed by atoms with E-state index in [1.807, 2.05) is 18.0 Å². The Balaban J connectivity index is 2.02. The third-order valence-electron chi connectivity index (χ3n) is 3.58. The minimum absolute atomic E-state index is 0.0433. The number of likely N-dealkylation sites (N-methyl/N-ethyl adjacent to an activating group) is 1. The molecule has 0 bridgehead atoms. The highest BCUT2D eigenvalue weighted by atomic mass is 19.1. The van der Waals surface area contributed by atoms with Crippen LogP contribution in [0.25, 0.3) is 0 Å². The van der Waals surface area contributed by atoms with Gasteiger partial charge in [0.05, 0.1) is 6.54 Å². The molecule has 1 aromatic rings. The SMILES string of the molecule is CN(CC(=O)O)C1CCCN(c2cccc(F)c2)C1. The molecule has 1 unspecified atom stereocenters. The van der Waals surface area contributed by atoms with E-state index in [2.05, 4.69) is 4.90 Å². The normalized spacial score (nSPS) is 19.7. The van der Waals surface area contributed by atoms with Gasteiger partial charge < -0.3 is 10.0 Å². The fourth-order valence-electron chi connectivity index (χ4n) is 2.56. The Kier molecular flexibility index (Phi) is 4.37. The van der Waals surface area contributed by atoms with Crippen LogP contribution in [0.1, 0.15) is 12.8 Å². The number of carbonyl (C=O) groups is 1. The fourth-order valence-corrected chi connectivity index (χ4v) is 2.56. The maximum atomic E-state index is 13.2. The first-order valence-electron chi connectivity index (χ1n) is 6.49. The Hall–Kier alpha value is -1.62. The summed E-state index contributed by atoms with van der Waals surface area (Å²) in [6.07, 6.45) is 1.97. The summed E-state index contributed by atoms with van der Waals surface area (Å²) in [7, 11) is 1.83. The lowest BCUT2D eigenvalue weighted by atomic mass is 10.0. The quantitative estimate of drug-likeness (QED) is 0.902. The van der Waals surface area contributed by atoms with E-state index in [4.69, 9.17) is 5.11 Å². The first-order valence-corrected chi connectivity index (χ1v) is 6.49. The molecular formula is C14H19FN2O2. The molecule has 1 atom stereocenters. The number of aliphatic carboxylic acids is 1. The Morgan fingerprint density at radius 3 is 3.05 bits per heavy atom. The van der Waals surface area contributed by atoms with Crippen LogP contribution >= 0.6 is 0 Å². The highest BCUT2D eigenvalue weighted by Crippen LogP contribution is 2.22. The van der Waals surface area contributed by atoms with Crippen molar-refractivity contribution in [3.8, 4) is 0 Å². The largest absolute Gasteiger partial charge is 0.480 e. The number of carboxylic acids is 1. The molecular weight excluding hydrogens is 247 g/mol. The molecule has 104 valence electrons. The number of halogens is 1. The molecule has 2 rings (SSSR count). The first-order chi connectivity index (χ1) is 9.06. The predicted octanol–water partition coefficient (Wildman–Crippen LogP) is 1.81. The third kappa shape index (κ3) is 3.67. The maximum Gasteiger partial charge on any atom is 0.317 e. The minimum Gasteiger partial charge on any atom is -0.480 e. The standard InChI is InChI=1S/C14H19FN2O2/c1-16(10-14(18)19)13-6-3-7-17(9-13)12-5-2-4-11(15)8-12/h2,4-5,8,13H,3,6-7,9-10H2,1H3,(H,18,19). The number of hydrogen-bond acceptors (Lipinski definition) is 3. The minimum atomic E-state index is -0.814. The van der Waals surface area contributed by atoms with Crippen LogP contribution in [0.4, 0.5) is 10.1 Å². The Labute approximate surface area is 112 Å². The van der Waals surface area contributed by atoms with Gasteiger partial charge in [-0.3, -0.25) is 9.69 Å². The van der Waals surface area contributed by atoms with Crippen molar-refractivity contribution in [1.82, 2.24) is 4.90 Å². The summed E-state index contributed by atoms with van der Waals surface area (Å²) >= 11 is 0. The van der Waals surface area contributed by atoms with E-state index >= 15 is 0 Å². The molecule has 1 N–H and O–H groups in total. The van der Waals surface area contributed by atoms with Crippen molar-refractivity contribution < 1.29 is 14.3 Å². The van der Waals surface area contributed by atoms with Crippen LogP contribution in [0.2, 0.25) is 0 Å². The first kappa shape index (κ1) is 13.8. The molecule has 0 amide bonds. The van der Waals surface area contributed by atoms with Gasteiger partial charge >= 0.3 is 5.97 Å². The Bertz CT molecular complexity index is 453. The topological polar surface area (TPSA) is 43.8 Å². The molecule has 19 heavy (non-hydrogen) atoms. The number of hydrogen-bond donors (Lipinski definition) is 1. The zero-order valence-electron chi connectivity index (χ0n) is 11.1. The van der Waals surface area contributed by atoms with E-state index in [9.17, 15) is 9.18 Å². The lowest BCUT2D eigenvalue weighted by Crippen LogP contribution is -2.48. The summed E-state index contributed by atoms with van der Waals surface area (Å²) in [4.78, 5) is 14.7. The smallest absolute Gasteiger partial charge is 0.317 e. The highest BCUT2D eigenvalue weighted by molar-refractivity contribution is 5.69. The molecule has 1 saturated heterocycles. The molecule has 0 aliphatic carbocycles. The Morgan fingerprint density at radius 1 is 1.58 bits per heavy atom. The van der Waals surface area contributed by atoms with Crippen LogP contribution in [-0.2, 0) is 4.79 Å². The molecule has 4 nitrogen and oxygen atoms in total. The van der Waals surface area contributed by atoms with Gasteiger partial charge in [-0.05, 0) is 38.1 Å². The summed E-state index contributed by atoms with van der Waals surface area (Å²) in [5.41, 5.74) is 0.869. The summed E-state index contributed by atoms with van der Waals surface area (Å²) in [5, 5.41) is 8.83. The number of benzene rings is 1. The van der Waals surface area contributed by atoms with E-state index in [-0.39, 0.29) is 18.4 Å². The molecule has 0 saturated carbocycles. The van der Waals surface area contributed by atoms with Crippen LogP contribution in [0.5, 0.6) is 0 Å². The van der Waals surface area contributed by atoms with Crippen molar-refractivity contribution in [1.29, 1.82) is 0 Å². The molecule has 1 aliphatic rings. The van der Waals surface area contributed by atoms with E-state index in [0.717, 1.165) is 31.6 Å². The molecule has 0 aromatic heterocycles. The van der Waals surface area contributed by atoms with Gasteiger partial charge in [0, 0.05) is 24.8 Å². The van der Waals surface area contributed by atoms with Gasteiger partial charge in [-0.2, -0.15) is 0 Å². The third-order valence-corrected chi connectivity index (χ3v) is 3.58. The van der Waals surface area contributed by atoms with Crippen LogP contribution in [-0.4, -0.2) is 48.7 Å². The van der Waals surface area contributed by atoms with Crippen molar-refractivity contribution in [3.63, 3.8) is 0 Å². The Morgan fingerprint density at radius 2 is 2.37 bits per heavy atom. The van der Waals surface area contributed by atoms with E-state index in [0.29, 0.717) is 0 Å². The van der Waals surface area contributed by atoms with Gasteiger partial charge in [-0.1, -0.05) is 6.07 Å². The monoisotopic (exact) mass is 266 g/mol. The van der Waals surface area contributed by atoms with Crippen LogP contribution in [0, 0.1) is 5.82 Å². The summed E-state index contributed by atoms with van der Waals surface area (Å²) in [6, 6.07) is 6.76. The van der Waals surface area contributed by atoms with Gasteiger partial charge in [0.2, 0.25) is 0 Å². The maximum absolute atomic E-state index is 13.2. The lowest BCUT2D eigenvalue weighted by Gasteiger charge is -2.38. The molecule has 0 spiro atoms. The number of piperidine rings is 1. The van der Waals surface area contributed by atoms with Gasteiger partial charge in [0.15, 0.2) is 0 Å². The molecule has 1 fully saturated rings. The summed E-state index contributed by atoms with van der Waals surface area (Å²) in [5.74, 6) is -1.05. The second-order valence-electron chi connectivity index (χ2n) is 5.03. The number of carboxylic acid groups (broad SMARTS) is 1. The predicted molar refractivity (Wildman–Crippen MR) is 71.9 cm³/mol. The van der Waals surface area contributed by atoms with E-state index in [1.165, 1.54) is 12.1 Å². The van der Waals surface area contributed by atoms with Crippen molar-refractivity contribution in [2.75, 3.05) is 31.6 Å². The summed E-state index contributed by atoms with van der Waals surface area (Å²) < 4.78 is 13.2. The van der Waals surface area contributed by atoms with Crippen molar-refractivity contribution in [2.24, 2.45) is 0 Å². The van der Waals surface area contributed by atoms with Crippen LogP contribution < -0.4 is 4.90 Å². The number of nitrogens with zero attached hydrogens (tertiary/aromatic N) is 2. The van der Waals surface area contributed by atoms with Gasteiger partial charge in [-0.15, -0.1) is 0 Å². The van der Waals surface area contributed by atoms with E-state index in [1.54, 1.807) is 6.07 Å². The molecule has 0 radical (unpaired) electrons. The van der Waals surface area contributed by atoms with Gasteiger partial charge in [0.1, 0.15) is 5.82 Å². The fraction of sp³-hybridized carbons (Fsp3) is 0.500. The zero-order valence-corrected chi connectivity index (χ0v) is 11.1. The van der Waals surface area contributed by atoms with Crippen LogP contribution in [0.15, 0.2) is 24.3 Å². The average Bonchev–Trinajstić information content (AvgIpc) is 2.38. The second kappa shape index (κ2) is 6.02. The number of anilines is 1. The molecule has 1 heterocycles. The highest BCUT2D eigenvalue weighted by Gasteiger charge is 2.24. The van der Waals surface area contributed by atoms with Gasteiger partial charge in [0.25, 0.3) is 0 Å². The summed E-state index contributed by atoms with van der Waals surface area (Å²) in [6.45, 7) is 1.68. The molecule has 1 aliphatic heterocycles. The van der Waals surface area contributed by atoms with Crippen molar-refractivity contribution >= 4 is 11.7 Å². The second-order valence-corrected chi connectivity index (χ2v) is 5.03.